The predicted molar refractivity (Wildman–Crippen MR) is 77.9 cm³/mol. The Balaban J connectivity index is 2.27. The second-order valence-electron chi connectivity index (χ2n) is 4.21. The molecule has 3 N–H and O–H groups in total. The van der Waals surface area contributed by atoms with Crippen molar-refractivity contribution in [1.29, 1.82) is 0 Å². The van der Waals surface area contributed by atoms with Gasteiger partial charge in [0, 0.05) is 12.1 Å². The lowest BCUT2D eigenvalue weighted by molar-refractivity contribution is -0.137. The number of phenolic OH excluding ortho intramolecular Hbond substituents is 1. The van der Waals surface area contributed by atoms with E-state index in [9.17, 15) is 14.7 Å². The number of nitrogens with zero attached hydrogens (tertiary/aromatic N) is 1. The minimum Gasteiger partial charge on any atom is -0.505 e. The van der Waals surface area contributed by atoms with Crippen LogP contribution in [0, 0.1) is 0 Å². The zero-order valence-electron chi connectivity index (χ0n) is 11.1. The first-order valence-corrected chi connectivity index (χ1v) is 6.79. The number of carbonyl (C=O) groups is 2. The highest BCUT2D eigenvalue weighted by Gasteiger charge is 2.31. The summed E-state index contributed by atoms with van der Waals surface area (Å²) in [6, 6.07) is 3.06. The molecule has 0 spiro atoms. The number of ether oxygens (including phenoxy) is 1. The number of carbonyl (C=O) groups excluding carboxylic acids is 2. The third-order valence-electron chi connectivity index (χ3n) is 2.87. The molecule has 1 aromatic carbocycles. The van der Waals surface area contributed by atoms with Crippen LogP contribution in [0.25, 0.3) is 0 Å². The van der Waals surface area contributed by atoms with Crippen LogP contribution < -0.4 is 10.1 Å². The molecule has 0 aliphatic carbocycles. The Labute approximate surface area is 128 Å². The van der Waals surface area contributed by atoms with E-state index in [2.05, 4.69) is 21.2 Å². The monoisotopic (exact) mass is 356 g/mol. The summed E-state index contributed by atoms with van der Waals surface area (Å²) in [6.07, 6.45) is 1.12. The van der Waals surface area contributed by atoms with Crippen molar-refractivity contribution in [2.24, 2.45) is 0 Å². The molecule has 2 rings (SSSR count). The zero-order valence-corrected chi connectivity index (χ0v) is 12.7. The fourth-order valence-electron chi connectivity index (χ4n) is 1.84. The number of nitrogens with one attached hydrogen (secondary N) is 1. The lowest BCUT2D eigenvalue weighted by Crippen LogP contribution is -2.34. The van der Waals surface area contributed by atoms with Crippen LogP contribution in [0.4, 0.5) is 5.69 Å². The average molecular weight is 357 g/mol. The molecule has 0 bridgehead atoms. The second-order valence-corrected chi connectivity index (χ2v) is 5.06. The Bertz CT molecular complexity index is 629. The van der Waals surface area contributed by atoms with Crippen LogP contribution in [0.15, 0.2) is 28.4 Å². The normalized spacial score (nSPS) is 14.4. The van der Waals surface area contributed by atoms with Crippen molar-refractivity contribution >= 4 is 33.4 Å². The van der Waals surface area contributed by atoms with Crippen LogP contribution in [0.5, 0.6) is 11.5 Å². The number of methoxy groups -OCH3 is 1. The topological polar surface area (TPSA) is 99.1 Å². The number of hydrogen-bond donors (Lipinski definition) is 3. The zero-order chi connectivity index (χ0) is 15.6. The van der Waals surface area contributed by atoms with E-state index in [0.29, 0.717) is 10.2 Å². The molecule has 112 valence electrons. The summed E-state index contributed by atoms with van der Waals surface area (Å²) in [4.78, 5) is 24.5. The molecule has 1 aliphatic rings. The Kier molecular flexibility index (Phi) is 4.49. The van der Waals surface area contributed by atoms with E-state index in [1.165, 1.54) is 13.2 Å². The number of rotatable bonds is 5. The highest BCUT2D eigenvalue weighted by atomic mass is 79.9. The first-order valence-electron chi connectivity index (χ1n) is 5.99. The first kappa shape index (κ1) is 15.3. The molecule has 7 nitrogen and oxygen atoms in total. The van der Waals surface area contributed by atoms with Crippen molar-refractivity contribution in [1.82, 2.24) is 4.90 Å². The van der Waals surface area contributed by atoms with Gasteiger partial charge in [-0.15, -0.1) is 0 Å². The summed E-state index contributed by atoms with van der Waals surface area (Å²) in [6.45, 7) is -0.387. The summed E-state index contributed by atoms with van der Waals surface area (Å²) >= 11 is 3.17. The van der Waals surface area contributed by atoms with Crippen molar-refractivity contribution in [2.75, 3.05) is 25.6 Å². The summed E-state index contributed by atoms with van der Waals surface area (Å²) < 4.78 is 5.45. The Morgan fingerprint density at radius 3 is 2.71 bits per heavy atom. The van der Waals surface area contributed by atoms with Crippen LogP contribution in [0.1, 0.15) is 0 Å². The van der Waals surface area contributed by atoms with Gasteiger partial charge in [-0.2, -0.15) is 0 Å². The van der Waals surface area contributed by atoms with Gasteiger partial charge in [0.25, 0.3) is 11.8 Å². The molecule has 0 radical (unpaired) electrons. The van der Waals surface area contributed by atoms with E-state index in [1.54, 1.807) is 6.07 Å². The molecular formula is C13H13BrN2O5. The molecule has 1 aromatic rings. The lowest BCUT2D eigenvalue weighted by atomic mass is 10.2. The number of aromatic hydroxyl groups is 1. The van der Waals surface area contributed by atoms with Gasteiger partial charge in [0.05, 0.1) is 30.4 Å². The third-order valence-corrected chi connectivity index (χ3v) is 3.48. The van der Waals surface area contributed by atoms with Gasteiger partial charge in [-0.3, -0.25) is 14.5 Å². The van der Waals surface area contributed by atoms with E-state index >= 15 is 0 Å². The fourth-order valence-corrected chi connectivity index (χ4v) is 2.28. The van der Waals surface area contributed by atoms with E-state index in [4.69, 9.17) is 9.84 Å². The molecule has 0 atom stereocenters. The van der Waals surface area contributed by atoms with E-state index in [-0.39, 0.29) is 30.3 Å². The number of hydrogen-bond acceptors (Lipinski definition) is 6. The molecule has 1 aliphatic heterocycles. The van der Waals surface area contributed by atoms with Gasteiger partial charge in [-0.1, -0.05) is 0 Å². The molecule has 0 saturated heterocycles. The van der Waals surface area contributed by atoms with Crippen LogP contribution >= 0.6 is 15.9 Å². The Morgan fingerprint density at radius 2 is 2.10 bits per heavy atom. The number of phenols is 1. The van der Waals surface area contributed by atoms with Crippen molar-refractivity contribution in [3.8, 4) is 11.5 Å². The van der Waals surface area contributed by atoms with Gasteiger partial charge >= 0.3 is 0 Å². The highest BCUT2D eigenvalue weighted by Crippen LogP contribution is 2.37. The van der Waals surface area contributed by atoms with Gasteiger partial charge in [-0.05, 0) is 22.0 Å². The molecule has 2 amide bonds. The van der Waals surface area contributed by atoms with E-state index in [1.807, 2.05) is 0 Å². The highest BCUT2D eigenvalue weighted by molar-refractivity contribution is 9.10. The van der Waals surface area contributed by atoms with Gasteiger partial charge in [0.2, 0.25) is 0 Å². The molecule has 21 heavy (non-hydrogen) atoms. The van der Waals surface area contributed by atoms with Crippen molar-refractivity contribution < 1.29 is 24.5 Å². The number of halogens is 1. The maximum Gasteiger partial charge on any atom is 0.277 e. The average Bonchev–Trinajstić information content (AvgIpc) is 2.71. The number of anilines is 1. The summed E-state index contributed by atoms with van der Waals surface area (Å²) in [5.74, 6) is -0.727. The maximum absolute atomic E-state index is 12.0. The standard InChI is InChI=1S/C13H13BrN2O5/c1-21-7-4-8(14)12(19)9(5-7)15-10-6-11(18)16(2-3-17)13(10)20/h4-6,15,17,19H,2-3H2,1H3. The summed E-state index contributed by atoms with van der Waals surface area (Å²) in [5.41, 5.74) is 0.239. The van der Waals surface area contributed by atoms with Gasteiger partial charge < -0.3 is 20.3 Å². The minimum absolute atomic E-state index is 0.0175. The number of β-amino-alcohol motifs (C(OH)–C–C–N with tert-alkyl or cyclic N) is 1. The minimum atomic E-state index is -0.563. The quantitative estimate of drug-likeness (QED) is 0.533. The van der Waals surface area contributed by atoms with E-state index in [0.717, 1.165) is 11.0 Å². The van der Waals surface area contributed by atoms with Crippen molar-refractivity contribution in [3.63, 3.8) is 0 Å². The van der Waals surface area contributed by atoms with Gasteiger partial charge in [0.15, 0.2) is 5.75 Å². The number of imide groups is 1. The summed E-state index contributed by atoms with van der Waals surface area (Å²) in [5, 5.41) is 21.5. The van der Waals surface area contributed by atoms with Crippen molar-refractivity contribution in [2.45, 2.75) is 0 Å². The maximum atomic E-state index is 12.0. The Hall–Kier alpha value is -2.06. The molecule has 0 unspecified atom stereocenters. The van der Waals surface area contributed by atoms with Crippen LogP contribution in [-0.4, -0.2) is 47.2 Å². The molecule has 0 fully saturated rings. The SMILES string of the molecule is COc1cc(Br)c(O)c(NC2=CC(=O)N(CCO)C2=O)c1. The smallest absolute Gasteiger partial charge is 0.277 e. The number of aliphatic hydroxyl groups is 1. The molecule has 8 heteroatoms. The Morgan fingerprint density at radius 1 is 1.38 bits per heavy atom. The predicted octanol–water partition coefficient (Wildman–Crippen LogP) is 0.820. The van der Waals surface area contributed by atoms with Gasteiger partial charge in [0.1, 0.15) is 11.4 Å². The van der Waals surface area contributed by atoms with Gasteiger partial charge in [-0.25, -0.2) is 0 Å². The fraction of sp³-hybridized carbons (Fsp3) is 0.231. The van der Waals surface area contributed by atoms with Crippen LogP contribution in [-0.2, 0) is 9.59 Å². The molecule has 0 aromatic heterocycles. The lowest BCUT2D eigenvalue weighted by Gasteiger charge is -2.14. The third kappa shape index (κ3) is 3.01. The number of aliphatic hydroxyl groups excluding tert-OH is 1. The molecule has 0 saturated carbocycles. The van der Waals surface area contributed by atoms with Crippen LogP contribution in [0.3, 0.4) is 0 Å². The largest absolute Gasteiger partial charge is 0.505 e. The van der Waals surface area contributed by atoms with E-state index < -0.39 is 11.8 Å². The van der Waals surface area contributed by atoms with Crippen LogP contribution in [0.2, 0.25) is 0 Å². The second kappa shape index (κ2) is 6.15. The number of benzene rings is 1. The van der Waals surface area contributed by atoms with Crippen molar-refractivity contribution in [3.05, 3.63) is 28.4 Å². The molecule has 1 heterocycles. The first-order chi connectivity index (χ1) is 9.97. The number of amides is 2. The molecular weight excluding hydrogens is 344 g/mol. The summed E-state index contributed by atoms with van der Waals surface area (Å²) in [7, 11) is 1.47.